The summed E-state index contributed by atoms with van der Waals surface area (Å²) in [7, 11) is 1.58. The van der Waals surface area contributed by atoms with E-state index in [1.165, 1.54) is 0 Å². The van der Waals surface area contributed by atoms with Crippen LogP contribution in [0.25, 0.3) is 0 Å². The van der Waals surface area contributed by atoms with Crippen molar-refractivity contribution in [2.75, 3.05) is 45.3 Å². The lowest BCUT2D eigenvalue weighted by molar-refractivity contribution is -0.118. The zero-order chi connectivity index (χ0) is 21.7. The minimum atomic E-state index is -0.224. The first kappa shape index (κ1) is 22.8. The fourth-order valence-electron chi connectivity index (χ4n) is 3.26. The van der Waals surface area contributed by atoms with Gasteiger partial charge in [-0.1, -0.05) is 30.4 Å². The van der Waals surface area contributed by atoms with Gasteiger partial charge in [-0.25, -0.2) is 0 Å². The van der Waals surface area contributed by atoms with Crippen molar-refractivity contribution < 1.29 is 19.0 Å². The number of ether oxygens (including phenoxy) is 3. The molecule has 1 amide bonds. The van der Waals surface area contributed by atoms with Crippen molar-refractivity contribution in [1.82, 2.24) is 4.90 Å². The number of aryl methyl sites for hydroxylation is 2. The van der Waals surface area contributed by atoms with Crippen molar-refractivity contribution >= 4 is 51.4 Å². The van der Waals surface area contributed by atoms with Crippen LogP contribution >= 0.6 is 34.8 Å². The van der Waals surface area contributed by atoms with Crippen molar-refractivity contribution in [1.29, 1.82) is 0 Å². The van der Waals surface area contributed by atoms with Crippen molar-refractivity contribution in [3.05, 3.63) is 50.6 Å². The van der Waals surface area contributed by atoms with Gasteiger partial charge in [-0.3, -0.25) is 4.79 Å². The number of benzene rings is 2. The third-order valence-electron chi connectivity index (χ3n) is 4.87. The van der Waals surface area contributed by atoms with Crippen LogP contribution in [0.1, 0.15) is 16.7 Å². The van der Waals surface area contributed by atoms with Crippen LogP contribution in [0.3, 0.4) is 0 Å². The van der Waals surface area contributed by atoms with E-state index in [9.17, 15) is 4.79 Å². The molecule has 8 heteroatoms. The number of rotatable bonds is 6. The van der Waals surface area contributed by atoms with Gasteiger partial charge < -0.3 is 24.4 Å². The van der Waals surface area contributed by atoms with Crippen LogP contribution in [0, 0.1) is 17.4 Å². The van der Waals surface area contributed by atoms with E-state index in [4.69, 9.17) is 26.4 Å². The molecule has 30 heavy (non-hydrogen) atoms. The second-order valence-corrected chi connectivity index (χ2v) is 8.55. The highest BCUT2D eigenvalue weighted by atomic mass is 127. The highest BCUT2D eigenvalue weighted by Crippen LogP contribution is 2.34. The Labute approximate surface area is 196 Å². The first-order valence-corrected chi connectivity index (χ1v) is 11.1. The summed E-state index contributed by atoms with van der Waals surface area (Å²) in [6, 6.07) is 9.71. The Hall–Kier alpha value is -1.91. The first-order chi connectivity index (χ1) is 14.4. The molecular formula is C22H25IN2O4S. The SMILES string of the molecule is COc1cc(C(=S)N2CCOCC2)cc(I)c1OCC(=O)Nc1c(C)cccc1C. The zero-order valence-corrected chi connectivity index (χ0v) is 20.3. The lowest BCUT2D eigenvalue weighted by Crippen LogP contribution is -2.40. The van der Waals surface area contributed by atoms with Gasteiger partial charge >= 0.3 is 0 Å². The largest absolute Gasteiger partial charge is 0.493 e. The molecule has 0 atom stereocenters. The molecular weight excluding hydrogens is 515 g/mol. The fraction of sp³-hybridized carbons (Fsp3) is 0.364. The predicted octanol–water partition coefficient (Wildman–Crippen LogP) is 3.94. The number of halogens is 1. The Bertz CT molecular complexity index is 925. The molecule has 1 fully saturated rings. The van der Waals surface area contributed by atoms with E-state index in [-0.39, 0.29) is 12.5 Å². The topological polar surface area (TPSA) is 60.0 Å². The lowest BCUT2D eigenvalue weighted by Gasteiger charge is -2.29. The minimum Gasteiger partial charge on any atom is -0.493 e. The molecule has 0 aromatic heterocycles. The molecule has 0 spiro atoms. The van der Waals surface area contributed by atoms with Gasteiger partial charge in [-0.05, 0) is 59.7 Å². The molecule has 2 aromatic rings. The molecule has 3 rings (SSSR count). The predicted molar refractivity (Wildman–Crippen MR) is 130 cm³/mol. The van der Waals surface area contributed by atoms with Crippen LogP contribution in [0.4, 0.5) is 5.69 Å². The number of carbonyl (C=O) groups is 1. The summed E-state index contributed by atoms with van der Waals surface area (Å²) < 4.78 is 17.6. The molecule has 1 N–H and O–H groups in total. The van der Waals surface area contributed by atoms with Crippen LogP contribution in [-0.4, -0.2) is 55.8 Å². The molecule has 0 unspecified atom stereocenters. The smallest absolute Gasteiger partial charge is 0.262 e. The number of thiocarbonyl (C=S) groups is 1. The number of anilines is 1. The average Bonchev–Trinajstić information content (AvgIpc) is 2.75. The standard InChI is InChI=1S/C22H25IN2O4S/c1-14-5-4-6-15(2)20(14)24-19(26)13-29-21-17(23)11-16(12-18(21)27-3)22(30)25-7-9-28-10-8-25/h4-6,11-12H,7-10,13H2,1-3H3,(H,24,26). The Morgan fingerprint density at radius 3 is 2.53 bits per heavy atom. The number of carbonyl (C=O) groups excluding carboxylic acids is 1. The minimum absolute atomic E-state index is 0.118. The monoisotopic (exact) mass is 540 g/mol. The first-order valence-electron chi connectivity index (χ1n) is 9.64. The number of hydrogen-bond acceptors (Lipinski definition) is 5. The molecule has 1 aliphatic rings. The lowest BCUT2D eigenvalue weighted by atomic mass is 10.1. The number of hydrogen-bond donors (Lipinski definition) is 1. The summed E-state index contributed by atoms with van der Waals surface area (Å²) in [4.78, 5) is 15.3. The summed E-state index contributed by atoms with van der Waals surface area (Å²) in [6.45, 7) is 6.70. The van der Waals surface area contributed by atoms with E-state index in [1.807, 2.05) is 44.2 Å². The van der Waals surface area contributed by atoms with Crippen LogP contribution < -0.4 is 14.8 Å². The van der Waals surface area contributed by atoms with Crippen molar-refractivity contribution in [2.45, 2.75) is 13.8 Å². The van der Waals surface area contributed by atoms with Gasteiger partial charge in [-0.2, -0.15) is 0 Å². The molecule has 2 aromatic carbocycles. The third kappa shape index (κ3) is 5.41. The Morgan fingerprint density at radius 2 is 1.90 bits per heavy atom. The maximum absolute atomic E-state index is 12.5. The van der Waals surface area contributed by atoms with Crippen LogP contribution in [-0.2, 0) is 9.53 Å². The molecule has 6 nitrogen and oxygen atoms in total. The number of para-hydroxylation sites is 1. The molecule has 1 heterocycles. The number of methoxy groups -OCH3 is 1. The summed E-state index contributed by atoms with van der Waals surface area (Å²) in [6.07, 6.45) is 0. The summed E-state index contributed by atoms with van der Waals surface area (Å²) >= 11 is 7.84. The quantitative estimate of drug-likeness (QED) is 0.443. The van der Waals surface area contributed by atoms with E-state index >= 15 is 0 Å². The van der Waals surface area contributed by atoms with E-state index in [2.05, 4.69) is 32.8 Å². The van der Waals surface area contributed by atoms with Gasteiger partial charge in [0.05, 0.1) is 23.9 Å². The second-order valence-electron chi connectivity index (χ2n) is 7.00. The molecule has 0 radical (unpaired) electrons. The maximum Gasteiger partial charge on any atom is 0.262 e. The number of morpholine rings is 1. The highest BCUT2D eigenvalue weighted by molar-refractivity contribution is 14.1. The van der Waals surface area contributed by atoms with Crippen molar-refractivity contribution in [2.24, 2.45) is 0 Å². The van der Waals surface area contributed by atoms with Crippen LogP contribution in [0.2, 0.25) is 0 Å². The van der Waals surface area contributed by atoms with E-state index in [0.29, 0.717) is 24.7 Å². The van der Waals surface area contributed by atoms with E-state index < -0.39 is 0 Å². The molecule has 0 bridgehead atoms. The number of nitrogens with zero attached hydrogens (tertiary/aromatic N) is 1. The van der Waals surface area contributed by atoms with Gasteiger partial charge in [0.2, 0.25) is 0 Å². The van der Waals surface area contributed by atoms with E-state index in [0.717, 1.165) is 44.0 Å². The van der Waals surface area contributed by atoms with Gasteiger partial charge in [0, 0.05) is 24.3 Å². The van der Waals surface area contributed by atoms with Gasteiger partial charge in [0.15, 0.2) is 18.1 Å². The van der Waals surface area contributed by atoms with Crippen molar-refractivity contribution in [3.63, 3.8) is 0 Å². The Morgan fingerprint density at radius 1 is 1.23 bits per heavy atom. The second kappa shape index (κ2) is 10.4. The number of nitrogens with one attached hydrogen (secondary N) is 1. The Kier molecular flexibility index (Phi) is 7.90. The summed E-state index contributed by atoms with van der Waals surface area (Å²) in [5.74, 6) is 0.855. The maximum atomic E-state index is 12.5. The van der Waals surface area contributed by atoms with Gasteiger partial charge in [-0.15, -0.1) is 0 Å². The molecule has 1 saturated heterocycles. The van der Waals surface area contributed by atoms with Crippen LogP contribution in [0.15, 0.2) is 30.3 Å². The summed E-state index contributed by atoms with van der Waals surface area (Å²) in [5.41, 5.74) is 3.73. The van der Waals surface area contributed by atoms with Crippen molar-refractivity contribution in [3.8, 4) is 11.5 Å². The van der Waals surface area contributed by atoms with Gasteiger partial charge in [0.25, 0.3) is 5.91 Å². The molecule has 1 aliphatic heterocycles. The molecule has 0 aliphatic carbocycles. The number of amides is 1. The zero-order valence-electron chi connectivity index (χ0n) is 17.3. The fourth-order valence-corrected chi connectivity index (χ4v) is 4.31. The Balaban J connectivity index is 1.71. The normalized spacial score (nSPS) is 13.7. The third-order valence-corrected chi connectivity index (χ3v) is 6.16. The average molecular weight is 540 g/mol. The van der Waals surface area contributed by atoms with E-state index in [1.54, 1.807) is 7.11 Å². The molecule has 0 saturated carbocycles. The van der Waals surface area contributed by atoms with Gasteiger partial charge in [0.1, 0.15) is 4.99 Å². The summed E-state index contributed by atoms with van der Waals surface area (Å²) in [5, 5.41) is 2.93. The highest BCUT2D eigenvalue weighted by Gasteiger charge is 2.20. The van der Waals surface area contributed by atoms with Crippen LogP contribution in [0.5, 0.6) is 11.5 Å². The molecule has 160 valence electrons.